The summed E-state index contributed by atoms with van der Waals surface area (Å²) in [6, 6.07) is 11.9. The van der Waals surface area contributed by atoms with Crippen LogP contribution in [0, 0.1) is 5.92 Å². The number of benzene rings is 2. The van der Waals surface area contributed by atoms with Crippen LogP contribution in [0.1, 0.15) is 22.0 Å². The largest absolute Gasteiger partial charge is 0.492 e. The number of carbonyl (C=O) groups excluding carboxylic acids is 1. The van der Waals surface area contributed by atoms with Crippen LogP contribution in [0.15, 0.2) is 42.5 Å². The third-order valence-electron chi connectivity index (χ3n) is 4.55. The molecule has 1 aliphatic rings. The van der Waals surface area contributed by atoms with Crippen LogP contribution in [0.3, 0.4) is 0 Å². The summed E-state index contributed by atoms with van der Waals surface area (Å²) in [5.74, 6) is -0.545. The summed E-state index contributed by atoms with van der Waals surface area (Å²) in [6.45, 7) is 2.08. The lowest BCUT2D eigenvalue weighted by atomic mass is 9.96. The number of ether oxygens (including phenoxy) is 2. The van der Waals surface area contributed by atoms with Gasteiger partial charge in [0.15, 0.2) is 0 Å². The Kier molecular flexibility index (Phi) is 9.42. The van der Waals surface area contributed by atoms with E-state index in [0.29, 0.717) is 29.7 Å². The first-order valence-corrected chi connectivity index (χ1v) is 11.9. The predicted molar refractivity (Wildman–Crippen MR) is 123 cm³/mol. The second kappa shape index (κ2) is 11.4. The van der Waals surface area contributed by atoms with Crippen LogP contribution < -0.4 is 14.8 Å². The van der Waals surface area contributed by atoms with Crippen LogP contribution in [0.4, 0.5) is 0 Å². The molecule has 0 unspecified atom stereocenters. The van der Waals surface area contributed by atoms with Gasteiger partial charge in [-0.25, -0.2) is 13.1 Å². The third-order valence-corrected chi connectivity index (χ3v) is 5.84. The highest BCUT2D eigenvalue weighted by molar-refractivity contribution is 7.89. The van der Waals surface area contributed by atoms with Crippen molar-refractivity contribution in [2.45, 2.75) is 6.10 Å². The van der Waals surface area contributed by atoms with Crippen LogP contribution in [0.5, 0.6) is 5.75 Å². The van der Waals surface area contributed by atoms with Gasteiger partial charge in [-0.2, -0.15) is 0 Å². The molecule has 0 radical (unpaired) electrons. The highest BCUT2D eigenvalue weighted by Gasteiger charge is 2.28. The lowest BCUT2D eigenvalue weighted by molar-refractivity contribution is 0.0152. The van der Waals surface area contributed by atoms with Crippen LogP contribution >= 0.6 is 35.6 Å². The molecule has 1 aliphatic heterocycles. The van der Waals surface area contributed by atoms with Gasteiger partial charge in [0, 0.05) is 19.0 Å². The highest BCUT2D eigenvalue weighted by atomic mass is 35.5. The van der Waals surface area contributed by atoms with Gasteiger partial charge in [-0.05, 0) is 29.8 Å². The third kappa shape index (κ3) is 7.24. The minimum atomic E-state index is -3.69. The predicted octanol–water partition coefficient (Wildman–Crippen LogP) is 3.46. The minimum Gasteiger partial charge on any atom is -0.492 e. The molecule has 11 heteroatoms. The van der Waals surface area contributed by atoms with Gasteiger partial charge in [-0.3, -0.25) is 4.79 Å². The molecule has 1 amide bonds. The molecule has 7 nitrogen and oxygen atoms in total. The number of halogens is 3. The standard InChI is InChI=1S/C20H22Cl2N2O5S.ClH/c1-30(26,27)24-20(25)15-4-2-3-5-18(15)29-12-14-11-23-8-9-28-19(14)13-6-7-16(21)17(22)10-13;/h2-7,10,14,19,23H,8-9,11-12H2,1H3,(H,24,25);1H/t14-,19-;/m0./s1. The van der Waals surface area contributed by atoms with Gasteiger partial charge in [0.05, 0.1) is 41.2 Å². The van der Waals surface area contributed by atoms with E-state index in [1.54, 1.807) is 30.3 Å². The van der Waals surface area contributed by atoms with Crippen molar-refractivity contribution >= 4 is 51.5 Å². The summed E-state index contributed by atoms with van der Waals surface area (Å²) >= 11 is 12.2. The smallest absolute Gasteiger partial charge is 0.268 e. The molecule has 2 aromatic carbocycles. The average Bonchev–Trinajstić information content (AvgIpc) is 2.93. The van der Waals surface area contributed by atoms with E-state index >= 15 is 0 Å². The number of hydrogen-bond donors (Lipinski definition) is 2. The zero-order chi connectivity index (χ0) is 21.7. The molecule has 2 aromatic rings. The van der Waals surface area contributed by atoms with E-state index in [4.69, 9.17) is 32.7 Å². The molecular weight excluding hydrogens is 487 g/mol. The van der Waals surface area contributed by atoms with Crippen LogP contribution in [0.25, 0.3) is 0 Å². The van der Waals surface area contributed by atoms with E-state index in [1.165, 1.54) is 6.07 Å². The molecule has 0 saturated carbocycles. The van der Waals surface area contributed by atoms with Crippen molar-refractivity contribution in [2.75, 3.05) is 32.6 Å². The summed E-state index contributed by atoms with van der Waals surface area (Å²) in [4.78, 5) is 12.3. The molecule has 3 rings (SSSR count). The van der Waals surface area contributed by atoms with Gasteiger partial charge in [0.1, 0.15) is 5.75 Å². The van der Waals surface area contributed by atoms with Crippen molar-refractivity contribution in [1.82, 2.24) is 10.0 Å². The number of rotatable bonds is 6. The molecule has 0 bridgehead atoms. The first kappa shape index (κ1) is 25.7. The molecule has 1 saturated heterocycles. The average molecular weight is 510 g/mol. The first-order valence-electron chi connectivity index (χ1n) is 9.26. The number of amides is 1. The molecule has 2 N–H and O–H groups in total. The van der Waals surface area contributed by atoms with Crippen LogP contribution in [-0.4, -0.2) is 46.9 Å². The molecule has 31 heavy (non-hydrogen) atoms. The number of para-hydroxylation sites is 1. The quantitative estimate of drug-likeness (QED) is 0.619. The molecule has 1 fully saturated rings. The number of carbonyl (C=O) groups is 1. The van der Waals surface area contributed by atoms with Gasteiger partial charge in [-0.1, -0.05) is 41.4 Å². The second-order valence-corrected chi connectivity index (χ2v) is 9.50. The van der Waals surface area contributed by atoms with Crippen molar-refractivity contribution in [2.24, 2.45) is 5.92 Å². The Balaban J connectivity index is 0.00000341. The van der Waals surface area contributed by atoms with Crippen molar-refractivity contribution in [1.29, 1.82) is 0 Å². The second-order valence-electron chi connectivity index (χ2n) is 6.94. The van der Waals surface area contributed by atoms with Gasteiger partial charge in [0.2, 0.25) is 10.0 Å². The first-order chi connectivity index (χ1) is 14.2. The fourth-order valence-corrected chi connectivity index (χ4v) is 3.95. The number of hydrogen-bond acceptors (Lipinski definition) is 6. The van der Waals surface area contributed by atoms with Gasteiger partial charge >= 0.3 is 0 Å². The SMILES string of the molecule is CS(=O)(=O)NC(=O)c1ccccc1OC[C@@H]1CNCCO[C@H]1c1ccc(Cl)c(Cl)c1.Cl. The van der Waals surface area contributed by atoms with Crippen LogP contribution in [0.2, 0.25) is 10.0 Å². The fourth-order valence-electron chi connectivity index (χ4n) is 3.19. The van der Waals surface area contributed by atoms with Gasteiger partial charge in [-0.15, -0.1) is 12.4 Å². The maximum absolute atomic E-state index is 12.3. The molecule has 0 aliphatic carbocycles. The Morgan fingerprint density at radius 3 is 2.68 bits per heavy atom. The van der Waals surface area contributed by atoms with Gasteiger partial charge < -0.3 is 14.8 Å². The maximum Gasteiger partial charge on any atom is 0.268 e. The Labute approximate surface area is 197 Å². The fraction of sp³-hybridized carbons (Fsp3) is 0.350. The molecule has 2 atom stereocenters. The van der Waals surface area contributed by atoms with E-state index in [0.717, 1.165) is 11.8 Å². The Hall–Kier alpha value is -1.55. The zero-order valence-electron chi connectivity index (χ0n) is 16.6. The maximum atomic E-state index is 12.3. The van der Waals surface area contributed by atoms with Crippen molar-refractivity contribution in [3.05, 3.63) is 63.6 Å². The monoisotopic (exact) mass is 508 g/mol. The summed E-state index contributed by atoms with van der Waals surface area (Å²) in [7, 11) is -3.69. The lowest BCUT2D eigenvalue weighted by Crippen LogP contribution is -2.31. The van der Waals surface area contributed by atoms with Crippen molar-refractivity contribution in [3.63, 3.8) is 0 Å². The van der Waals surface area contributed by atoms with Gasteiger partial charge in [0.25, 0.3) is 5.91 Å². The molecular formula is C20H23Cl3N2O5S. The van der Waals surface area contributed by atoms with Crippen molar-refractivity contribution < 1.29 is 22.7 Å². The van der Waals surface area contributed by atoms with E-state index in [9.17, 15) is 13.2 Å². The zero-order valence-corrected chi connectivity index (χ0v) is 19.8. The summed E-state index contributed by atoms with van der Waals surface area (Å²) < 4.78 is 36.7. The van der Waals surface area contributed by atoms with Crippen LogP contribution in [-0.2, 0) is 14.8 Å². The topological polar surface area (TPSA) is 93.7 Å². The Bertz CT molecular complexity index is 1020. The Morgan fingerprint density at radius 1 is 1.23 bits per heavy atom. The molecule has 1 heterocycles. The molecule has 170 valence electrons. The van der Waals surface area contributed by atoms with E-state index in [1.807, 2.05) is 10.8 Å². The normalized spacial score (nSPS) is 19.1. The summed E-state index contributed by atoms with van der Waals surface area (Å²) in [5, 5.41) is 4.21. The van der Waals surface area contributed by atoms with E-state index in [-0.39, 0.29) is 42.3 Å². The lowest BCUT2D eigenvalue weighted by Gasteiger charge is -2.26. The van der Waals surface area contributed by atoms with Crippen molar-refractivity contribution in [3.8, 4) is 5.75 Å². The van der Waals surface area contributed by atoms with E-state index in [2.05, 4.69) is 5.32 Å². The molecule has 0 spiro atoms. The summed E-state index contributed by atoms with van der Waals surface area (Å²) in [5.41, 5.74) is 1.02. The highest BCUT2D eigenvalue weighted by Crippen LogP contribution is 2.32. The minimum absolute atomic E-state index is 0. The van der Waals surface area contributed by atoms with E-state index < -0.39 is 15.9 Å². The summed E-state index contributed by atoms with van der Waals surface area (Å²) in [6.07, 6.45) is 0.636. The number of nitrogens with one attached hydrogen (secondary N) is 2. The number of sulfonamides is 1. The Morgan fingerprint density at radius 2 is 1.97 bits per heavy atom. The molecule has 0 aromatic heterocycles.